The Balaban J connectivity index is 2.63. The summed E-state index contributed by atoms with van der Waals surface area (Å²) < 4.78 is 0. The second-order valence-electron chi connectivity index (χ2n) is 2.18. The normalized spacial score (nSPS) is 9.42. The van der Waals surface area contributed by atoms with E-state index in [0.717, 1.165) is 5.56 Å². The number of hydrogen-bond acceptors (Lipinski definition) is 2. The summed E-state index contributed by atoms with van der Waals surface area (Å²) in [5, 5.41) is 2.95. The molecular formula is C7H8ClN3O. The van der Waals surface area contributed by atoms with Gasteiger partial charge in [-0.15, -0.1) is 0 Å². The third kappa shape index (κ3) is 2.39. The maximum absolute atomic E-state index is 10.3. The van der Waals surface area contributed by atoms with Crippen LogP contribution in [-0.4, -0.2) is 11.0 Å². The molecule has 0 aromatic carbocycles. The van der Waals surface area contributed by atoms with Crippen molar-refractivity contribution in [3.05, 3.63) is 29.0 Å². The van der Waals surface area contributed by atoms with E-state index in [1.54, 1.807) is 12.3 Å². The molecular weight excluding hydrogens is 178 g/mol. The number of rotatable bonds is 2. The molecule has 5 heteroatoms. The molecule has 1 rings (SSSR count). The zero-order valence-electron chi connectivity index (χ0n) is 6.25. The number of carbonyl (C=O) groups is 1. The van der Waals surface area contributed by atoms with Crippen LogP contribution in [0.15, 0.2) is 18.5 Å². The summed E-state index contributed by atoms with van der Waals surface area (Å²) in [6.07, 6.45) is 3.11. The molecule has 0 aliphatic rings. The van der Waals surface area contributed by atoms with Crippen LogP contribution in [0.3, 0.4) is 0 Å². The van der Waals surface area contributed by atoms with Gasteiger partial charge in [-0.3, -0.25) is 4.98 Å². The highest BCUT2D eigenvalue weighted by Gasteiger charge is 1.99. The molecule has 4 nitrogen and oxygen atoms in total. The van der Waals surface area contributed by atoms with Crippen molar-refractivity contribution in [1.82, 2.24) is 10.3 Å². The second-order valence-corrected chi connectivity index (χ2v) is 2.59. The molecule has 0 fully saturated rings. The topological polar surface area (TPSA) is 68.0 Å². The fraction of sp³-hybridized carbons (Fsp3) is 0.143. The molecule has 0 radical (unpaired) electrons. The van der Waals surface area contributed by atoms with E-state index in [1.807, 2.05) is 0 Å². The van der Waals surface area contributed by atoms with Crippen LogP contribution < -0.4 is 11.1 Å². The highest BCUT2D eigenvalue weighted by Crippen LogP contribution is 2.12. The summed E-state index contributed by atoms with van der Waals surface area (Å²) >= 11 is 5.75. The summed E-state index contributed by atoms with van der Waals surface area (Å²) in [7, 11) is 0. The molecule has 64 valence electrons. The first-order valence-electron chi connectivity index (χ1n) is 3.32. The number of nitrogens with one attached hydrogen (secondary N) is 1. The summed E-state index contributed by atoms with van der Waals surface area (Å²) in [5.74, 6) is 0. The monoisotopic (exact) mass is 185 g/mol. The number of carbonyl (C=O) groups excluding carboxylic acids is 1. The van der Waals surface area contributed by atoms with Crippen LogP contribution in [0.5, 0.6) is 0 Å². The van der Waals surface area contributed by atoms with Crippen molar-refractivity contribution < 1.29 is 4.79 Å². The standard InChI is InChI=1S/C7H8ClN3O/c8-6-4-10-2-1-5(6)3-11-7(9)12/h1-2,4H,3H2,(H3,9,11,12). The van der Waals surface area contributed by atoms with Crippen molar-refractivity contribution in [1.29, 1.82) is 0 Å². The molecule has 0 atom stereocenters. The molecule has 2 amide bonds. The molecule has 0 spiro atoms. The number of primary amides is 1. The van der Waals surface area contributed by atoms with E-state index in [2.05, 4.69) is 10.3 Å². The minimum absolute atomic E-state index is 0.330. The van der Waals surface area contributed by atoms with Gasteiger partial charge in [0, 0.05) is 18.9 Å². The predicted octanol–water partition coefficient (Wildman–Crippen LogP) is 0.903. The first-order valence-corrected chi connectivity index (χ1v) is 3.69. The van der Waals surface area contributed by atoms with Gasteiger partial charge in [0.1, 0.15) is 0 Å². The van der Waals surface area contributed by atoms with Gasteiger partial charge in [-0.2, -0.15) is 0 Å². The van der Waals surface area contributed by atoms with Crippen molar-refractivity contribution in [3.63, 3.8) is 0 Å². The minimum atomic E-state index is -0.567. The number of nitrogens with zero attached hydrogens (tertiary/aromatic N) is 1. The molecule has 12 heavy (non-hydrogen) atoms. The van der Waals surface area contributed by atoms with E-state index >= 15 is 0 Å². The van der Waals surface area contributed by atoms with Crippen LogP contribution in [-0.2, 0) is 6.54 Å². The molecule has 1 aromatic rings. The lowest BCUT2D eigenvalue weighted by atomic mass is 10.3. The molecule has 1 heterocycles. The van der Waals surface area contributed by atoms with Gasteiger partial charge in [-0.05, 0) is 11.6 Å². The zero-order chi connectivity index (χ0) is 8.97. The quantitative estimate of drug-likeness (QED) is 0.719. The van der Waals surface area contributed by atoms with Crippen molar-refractivity contribution in [2.75, 3.05) is 0 Å². The Bertz CT molecular complexity index is 290. The molecule has 0 aliphatic carbocycles. The number of hydrogen-bond donors (Lipinski definition) is 2. The lowest BCUT2D eigenvalue weighted by Crippen LogP contribution is -2.28. The number of urea groups is 1. The zero-order valence-corrected chi connectivity index (χ0v) is 7.01. The summed E-state index contributed by atoms with van der Waals surface area (Å²) in [6.45, 7) is 0.330. The second kappa shape index (κ2) is 3.92. The van der Waals surface area contributed by atoms with Crippen molar-refractivity contribution >= 4 is 17.6 Å². The lowest BCUT2D eigenvalue weighted by molar-refractivity contribution is 0.248. The smallest absolute Gasteiger partial charge is 0.312 e. The average molecular weight is 186 g/mol. The maximum Gasteiger partial charge on any atom is 0.312 e. The lowest BCUT2D eigenvalue weighted by Gasteiger charge is -2.02. The average Bonchev–Trinajstić information content (AvgIpc) is 2.03. The summed E-state index contributed by atoms with van der Waals surface area (Å²) in [4.78, 5) is 14.1. The Kier molecular flexibility index (Phi) is 2.88. The van der Waals surface area contributed by atoms with Crippen molar-refractivity contribution in [2.45, 2.75) is 6.54 Å². The first-order chi connectivity index (χ1) is 5.70. The van der Waals surface area contributed by atoms with Gasteiger partial charge in [0.25, 0.3) is 0 Å². The SMILES string of the molecule is NC(=O)NCc1ccncc1Cl. The Morgan fingerprint density at radius 2 is 2.50 bits per heavy atom. The van der Waals surface area contributed by atoms with E-state index in [-0.39, 0.29) is 0 Å². The number of nitrogens with two attached hydrogens (primary N) is 1. The number of amides is 2. The van der Waals surface area contributed by atoms with Crippen LogP contribution in [0.1, 0.15) is 5.56 Å². The van der Waals surface area contributed by atoms with Gasteiger partial charge < -0.3 is 11.1 Å². The van der Waals surface area contributed by atoms with Crippen LogP contribution in [0.25, 0.3) is 0 Å². The summed E-state index contributed by atoms with van der Waals surface area (Å²) in [6, 6.07) is 1.15. The minimum Gasteiger partial charge on any atom is -0.352 e. The highest BCUT2D eigenvalue weighted by molar-refractivity contribution is 6.31. The van der Waals surface area contributed by atoms with Crippen molar-refractivity contribution in [2.24, 2.45) is 5.73 Å². The van der Waals surface area contributed by atoms with Crippen molar-refractivity contribution in [3.8, 4) is 0 Å². The third-order valence-electron chi connectivity index (χ3n) is 1.31. The van der Waals surface area contributed by atoms with E-state index in [0.29, 0.717) is 11.6 Å². The van der Waals surface area contributed by atoms with Gasteiger partial charge in [-0.1, -0.05) is 11.6 Å². The molecule has 1 aromatic heterocycles. The molecule has 0 unspecified atom stereocenters. The van der Waals surface area contributed by atoms with Gasteiger partial charge in [0.15, 0.2) is 0 Å². The Hall–Kier alpha value is -1.29. The van der Waals surface area contributed by atoms with E-state index < -0.39 is 6.03 Å². The Labute approximate surface area is 74.7 Å². The van der Waals surface area contributed by atoms with E-state index in [9.17, 15) is 4.79 Å². The fourth-order valence-electron chi connectivity index (χ4n) is 0.730. The molecule has 3 N–H and O–H groups in total. The maximum atomic E-state index is 10.3. The van der Waals surface area contributed by atoms with E-state index in [1.165, 1.54) is 6.20 Å². The van der Waals surface area contributed by atoms with E-state index in [4.69, 9.17) is 17.3 Å². The highest BCUT2D eigenvalue weighted by atomic mass is 35.5. The van der Waals surface area contributed by atoms with Crippen LogP contribution in [0.2, 0.25) is 5.02 Å². The van der Waals surface area contributed by atoms with Gasteiger partial charge in [-0.25, -0.2) is 4.79 Å². The molecule has 0 saturated heterocycles. The van der Waals surface area contributed by atoms with Gasteiger partial charge >= 0.3 is 6.03 Å². The molecule has 0 saturated carbocycles. The molecule has 0 aliphatic heterocycles. The van der Waals surface area contributed by atoms with Crippen LogP contribution in [0, 0.1) is 0 Å². The largest absolute Gasteiger partial charge is 0.352 e. The summed E-state index contributed by atoms with van der Waals surface area (Å²) in [5.41, 5.74) is 5.68. The Morgan fingerprint density at radius 1 is 1.75 bits per heavy atom. The van der Waals surface area contributed by atoms with Gasteiger partial charge in [0.05, 0.1) is 5.02 Å². The third-order valence-corrected chi connectivity index (χ3v) is 1.65. The number of halogens is 1. The predicted molar refractivity (Wildman–Crippen MR) is 45.7 cm³/mol. The first kappa shape index (κ1) is 8.80. The fourth-order valence-corrected chi connectivity index (χ4v) is 0.916. The Morgan fingerprint density at radius 3 is 3.08 bits per heavy atom. The number of aromatic nitrogens is 1. The van der Waals surface area contributed by atoms with Crippen LogP contribution >= 0.6 is 11.6 Å². The molecule has 0 bridgehead atoms. The number of pyridine rings is 1. The van der Waals surface area contributed by atoms with Crippen LogP contribution in [0.4, 0.5) is 4.79 Å². The van der Waals surface area contributed by atoms with Gasteiger partial charge in [0.2, 0.25) is 0 Å².